The highest BCUT2D eigenvalue weighted by Gasteiger charge is 2.25. The van der Waals surface area contributed by atoms with Gasteiger partial charge in [0, 0.05) is 13.0 Å². The number of benzene rings is 1. The van der Waals surface area contributed by atoms with Crippen LogP contribution in [-0.4, -0.2) is 38.8 Å². The first-order valence-electron chi connectivity index (χ1n) is 5.31. The molecule has 0 radical (unpaired) electrons. The zero-order chi connectivity index (χ0) is 14.9. The molecule has 0 aliphatic heterocycles. The SMILES string of the molecule is CC(=O)N(CC(=O)O)c1ccc([N+](=O)[O-])c2nonc12. The van der Waals surface area contributed by atoms with E-state index in [1.807, 2.05) is 0 Å². The summed E-state index contributed by atoms with van der Waals surface area (Å²) >= 11 is 0. The van der Waals surface area contributed by atoms with Gasteiger partial charge in [0.05, 0.1) is 10.6 Å². The van der Waals surface area contributed by atoms with Crippen LogP contribution in [0.1, 0.15) is 6.92 Å². The highest BCUT2D eigenvalue weighted by molar-refractivity contribution is 6.04. The van der Waals surface area contributed by atoms with Crippen LogP contribution in [0.4, 0.5) is 11.4 Å². The summed E-state index contributed by atoms with van der Waals surface area (Å²) in [7, 11) is 0. The fraction of sp³-hybridized carbons (Fsp3) is 0.200. The summed E-state index contributed by atoms with van der Waals surface area (Å²) in [5.74, 6) is -1.78. The van der Waals surface area contributed by atoms with Crippen LogP contribution in [0.3, 0.4) is 0 Å². The van der Waals surface area contributed by atoms with E-state index >= 15 is 0 Å². The third-order valence-corrected chi connectivity index (χ3v) is 2.53. The van der Waals surface area contributed by atoms with Gasteiger partial charge in [-0.2, -0.15) is 0 Å². The summed E-state index contributed by atoms with van der Waals surface area (Å²) in [4.78, 5) is 33.4. The predicted octanol–water partition coefficient (Wildman–Crippen LogP) is 0.568. The molecule has 2 rings (SSSR count). The lowest BCUT2D eigenvalue weighted by Crippen LogP contribution is -2.34. The van der Waals surface area contributed by atoms with Crippen molar-refractivity contribution < 1.29 is 24.2 Å². The highest BCUT2D eigenvalue weighted by Crippen LogP contribution is 2.31. The fourth-order valence-corrected chi connectivity index (χ4v) is 1.71. The van der Waals surface area contributed by atoms with Gasteiger partial charge in [-0.3, -0.25) is 24.6 Å². The Hall–Kier alpha value is -3.04. The zero-order valence-corrected chi connectivity index (χ0v) is 10.1. The van der Waals surface area contributed by atoms with E-state index in [-0.39, 0.29) is 22.4 Å². The Bertz CT molecular complexity index is 709. The van der Waals surface area contributed by atoms with E-state index in [0.29, 0.717) is 0 Å². The first-order valence-corrected chi connectivity index (χ1v) is 5.31. The molecule has 10 nitrogen and oxygen atoms in total. The van der Waals surface area contributed by atoms with Gasteiger partial charge in [0.15, 0.2) is 5.52 Å². The van der Waals surface area contributed by atoms with Gasteiger partial charge in [0.2, 0.25) is 11.4 Å². The van der Waals surface area contributed by atoms with E-state index in [1.165, 1.54) is 13.0 Å². The van der Waals surface area contributed by atoms with Gasteiger partial charge in [-0.15, -0.1) is 0 Å². The maximum absolute atomic E-state index is 11.5. The summed E-state index contributed by atoms with van der Waals surface area (Å²) in [5, 5.41) is 26.5. The average Bonchev–Trinajstić information content (AvgIpc) is 2.83. The number of rotatable bonds is 4. The van der Waals surface area contributed by atoms with Gasteiger partial charge in [-0.1, -0.05) is 0 Å². The molecule has 0 aliphatic carbocycles. The molecule has 0 fully saturated rings. The van der Waals surface area contributed by atoms with Crippen LogP contribution in [0.2, 0.25) is 0 Å². The number of anilines is 1. The Labute approximate surface area is 110 Å². The second kappa shape index (κ2) is 4.91. The van der Waals surface area contributed by atoms with E-state index < -0.39 is 23.3 Å². The first kappa shape index (κ1) is 13.4. The molecule has 1 aromatic heterocycles. The van der Waals surface area contributed by atoms with Gasteiger partial charge in [0.25, 0.3) is 0 Å². The number of carboxylic acids is 1. The van der Waals surface area contributed by atoms with Crippen molar-refractivity contribution in [1.82, 2.24) is 10.3 Å². The number of nitrogens with zero attached hydrogens (tertiary/aromatic N) is 4. The summed E-state index contributed by atoms with van der Waals surface area (Å²) < 4.78 is 4.44. The number of hydrogen-bond donors (Lipinski definition) is 1. The lowest BCUT2D eigenvalue weighted by atomic mass is 10.2. The van der Waals surface area contributed by atoms with Gasteiger partial charge < -0.3 is 5.11 Å². The topological polar surface area (TPSA) is 140 Å². The van der Waals surface area contributed by atoms with Crippen molar-refractivity contribution in [1.29, 1.82) is 0 Å². The largest absolute Gasteiger partial charge is 0.480 e. The maximum atomic E-state index is 11.5. The van der Waals surface area contributed by atoms with Gasteiger partial charge in [-0.05, 0) is 16.4 Å². The van der Waals surface area contributed by atoms with Crippen LogP contribution < -0.4 is 4.90 Å². The molecule has 0 aliphatic rings. The number of fused-ring (bicyclic) bond motifs is 1. The van der Waals surface area contributed by atoms with Crippen molar-refractivity contribution in [3.05, 3.63) is 22.2 Å². The number of non-ortho nitro benzene ring substituents is 1. The van der Waals surface area contributed by atoms with E-state index in [2.05, 4.69) is 14.9 Å². The smallest absolute Gasteiger partial charge is 0.323 e. The molecule has 0 bridgehead atoms. The molecule has 0 saturated carbocycles. The molecule has 1 aromatic carbocycles. The van der Waals surface area contributed by atoms with Crippen LogP contribution >= 0.6 is 0 Å². The number of aliphatic carboxylic acids is 1. The van der Waals surface area contributed by atoms with Crippen molar-refractivity contribution in [2.45, 2.75) is 6.92 Å². The molecule has 0 unspecified atom stereocenters. The monoisotopic (exact) mass is 280 g/mol. The lowest BCUT2D eigenvalue weighted by Gasteiger charge is -2.18. The minimum atomic E-state index is -1.23. The number of nitro groups is 1. The number of amides is 1. The lowest BCUT2D eigenvalue weighted by molar-refractivity contribution is -0.383. The molecule has 104 valence electrons. The van der Waals surface area contributed by atoms with Crippen molar-refractivity contribution in [3.63, 3.8) is 0 Å². The second-order valence-corrected chi connectivity index (χ2v) is 3.82. The van der Waals surface area contributed by atoms with E-state index in [1.54, 1.807) is 0 Å². The molecule has 1 N–H and O–H groups in total. The van der Waals surface area contributed by atoms with E-state index in [9.17, 15) is 19.7 Å². The van der Waals surface area contributed by atoms with Gasteiger partial charge >= 0.3 is 11.7 Å². The van der Waals surface area contributed by atoms with Crippen molar-refractivity contribution >= 4 is 34.3 Å². The minimum absolute atomic E-state index is 0.0457. The summed E-state index contributed by atoms with van der Waals surface area (Å²) in [6.45, 7) is 0.568. The van der Waals surface area contributed by atoms with Crippen LogP contribution in [0.15, 0.2) is 16.8 Å². The van der Waals surface area contributed by atoms with Gasteiger partial charge in [-0.25, -0.2) is 4.63 Å². The number of hydrogen-bond acceptors (Lipinski definition) is 7. The van der Waals surface area contributed by atoms with Crippen LogP contribution in [-0.2, 0) is 9.59 Å². The van der Waals surface area contributed by atoms with Gasteiger partial charge in [0.1, 0.15) is 6.54 Å². The summed E-state index contributed by atoms with van der Waals surface area (Å²) in [6.07, 6.45) is 0. The maximum Gasteiger partial charge on any atom is 0.323 e. The zero-order valence-electron chi connectivity index (χ0n) is 10.1. The van der Waals surface area contributed by atoms with Crippen molar-refractivity contribution in [2.24, 2.45) is 0 Å². The van der Waals surface area contributed by atoms with E-state index in [0.717, 1.165) is 11.0 Å². The number of carbonyl (C=O) groups is 2. The van der Waals surface area contributed by atoms with Crippen LogP contribution in [0.25, 0.3) is 11.0 Å². The Morgan fingerprint density at radius 1 is 1.40 bits per heavy atom. The fourth-order valence-electron chi connectivity index (χ4n) is 1.71. The molecule has 10 heteroatoms. The number of carboxylic acid groups (broad SMARTS) is 1. The quantitative estimate of drug-likeness (QED) is 0.633. The number of aromatic nitrogens is 2. The molecule has 0 spiro atoms. The highest BCUT2D eigenvalue weighted by atomic mass is 16.6. The Morgan fingerprint density at radius 2 is 2.05 bits per heavy atom. The predicted molar refractivity (Wildman–Crippen MR) is 64.1 cm³/mol. The van der Waals surface area contributed by atoms with Crippen molar-refractivity contribution in [3.8, 4) is 0 Å². The minimum Gasteiger partial charge on any atom is -0.480 e. The van der Waals surface area contributed by atoms with Crippen LogP contribution in [0.5, 0.6) is 0 Å². The van der Waals surface area contributed by atoms with E-state index in [4.69, 9.17) is 5.11 Å². The Kier molecular flexibility index (Phi) is 3.29. The third kappa shape index (κ3) is 2.25. The molecule has 2 aromatic rings. The Balaban J connectivity index is 2.62. The third-order valence-electron chi connectivity index (χ3n) is 2.53. The molecule has 1 amide bonds. The first-order chi connectivity index (χ1) is 9.41. The van der Waals surface area contributed by atoms with Crippen LogP contribution in [0, 0.1) is 10.1 Å². The second-order valence-electron chi connectivity index (χ2n) is 3.82. The standard InChI is InChI=1S/C10H8N4O6/c1-5(15)13(4-8(16)17)6-2-3-7(14(18)19)10-9(6)11-20-12-10/h2-3H,4H2,1H3,(H,16,17). The van der Waals surface area contributed by atoms with Crippen molar-refractivity contribution in [2.75, 3.05) is 11.4 Å². The Morgan fingerprint density at radius 3 is 2.60 bits per heavy atom. The molecular formula is C10H8N4O6. The molecule has 0 atom stereocenters. The average molecular weight is 280 g/mol. The normalized spacial score (nSPS) is 10.4. The summed E-state index contributed by atoms with van der Waals surface area (Å²) in [5.41, 5.74) is -0.453. The number of nitro benzene ring substituents is 1. The number of carbonyl (C=O) groups excluding carboxylic acids is 1. The molecular weight excluding hydrogens is 272 g/mol. The molecule has 20 heavy (non-hydrogen) atoms. The molecule has 1 heterocycles. The molecule has 0 saturated heterocycles. The summed E-state index contributed by atoms with van der Waals surface area (Å²) in [6, 6.07) is 2.34.